The highest BCUT2D eigenvalue weighted by atomic mass is 32.2. The monoisotopic (exact) mass is 308 g/mol. The number of nitrogens with two attached hydrogens (primary N) is 1. The number of anilines is 2. The van der Waals surface area contributed by atoms with E-state index in [-0.39, 0.29) is 17.3 Å². The van der Waals surface area contributed by atoms with Gasteiger partial charge in [-0.15, -0.1) is 11.8 Å². The summed E-state index contributed by atoms with van der Waals surface area (Å²) in [6.45, 7) is 1.90. The molecule has 0 radical (unpaired) electrons. The first-order valence-corrected chi connectivity index (χ1v) is 7.17. The first kappa shape index (κ1) is 15.3. The van der Waals surface area contributed by atoms with E-state index in [0.717, 1.165) is 28.7 Å². The van der Waals surface area contributed by atoms with Gasteiger partial charge in [0, 0.05) is 22.3 Å². The van der Waals surface area contributed by atoms with Gasteiger partial charge in [0.25, 0.3) is 0 Å². The predicted octanol–water partition coefficient (Wildman–Crippen LogP) is 3.59. The highest BCUT2D eigenvalue weighted by Gasteiger charge is 2.07. The molecular formula is C15H14F2N2OS. The number of nitrogens with one attached hydrogen (secondary N) is 1. The van der Waals surface area contributed by atoms with Gasteiger partial charge in [0.15, 0.2) is 0 Å². The van der Waals surface area contributed by atoms with E-state index in [9.17, 15) is 13.6 Å². The fraction of sp³-hybridized carbons (Fsp3) is 0.133. The van der Waals surface area contributed by atoms with Crippen LogP contribution in [0.1, 0.15) is 5.56 Å². The predicted molar refractivity (Wildman–Crippen MR) is 81.3 cm³/mol. The molecule has 2 aromatic rings. The van der Waals surface area contributed by atoms with E-state index in [0.29, 0.717) is 5.69 Å². The highest BCUT2D eigenvalue weighted by molar-refractivity contribution is 8.00. The van der Waals surface area contributed by atoms with Gasteiger partial charge in [0.1, 0.15) is 11.6 Å². The fourth-order valence-corrected chi connectivity index (χ4v) is 2.61. The quantitative estimate of drug-likeness (QED) is 0.670. The van der Waals surface area contributed by atoms with Crippen molar-refractivity contribution < 1.29 is 13.6 Å². The third-order valence-electron chi connectivity index (χ3n) is 2.70. The van der Waals surface area contributed by atoms with Crippen molar-refractivity contribution in [2.75, 3.05) is 16.8 Å². The number of thioether (sulfide) groups is 1. The molecule has 6 heteroatoms. The average Bonchev–Trinajstić information content (AvgIpc) is 2.36. The number of carbonyl (C=O) groups is 1. The zero-order chi connectivity index (χ0) is 15.4. The number of halogens is 2. The third-order valence-corrected chi connectivity index (χ3v) is 3.88. The Morgan fingerprint density at radius 1 is 1.19 bits per heavy atom. The van der Waals surface area contributed by atoms with Gasteiger partial charge in [-0.05, 0) is 42.8 Å². The van der Waals surface area contributed by atoms with Crippen LogP contribution in [0.3, 0.4) is 0 Å². The van der Waals surface area contributed by atoms with Crippen LogP contribution < -0.4 is 11.1 Å². The van der Waals surface area contributed by atoms with Crippen LogP contribution in [0.2, 0.25) is 0 Å². The van der Waals surface area contributed by atoms with E-state index in [4.69, 9.17) is 5.73 Å². The van der Waals surface area contributed by atoms with E-state index < -0.39 is 11.6 Å². The lowest BCUT2D eigenvalue weighted by Crippen LogP contribution is -2.14. The van der Waals surface area contributed by atoms with Gasteiger partial charge in [-0.3, -0.25) is 4.79 Å². The summed E-state index contributed by atoms with van der Waals surface area (Å²) in [7, 11) is 0. The Bertz CT molecular complexity index is 656. The second-order valence-corrected chi connectivity index (χ2v) is 5.54. The number of hydrogen-bond donors (Lipinski definition) is 2. The maximum atomic E-state index is 13.0. The molecule has 0 aliphatic carbocycles. The van der Waals surface area contributed by atoms with Crippen LogP contribution in [0, 0.1) is 18.6 Å². The summed E-state index contributed by atoms with van der Waals surface area (Å²) >= 11 is 1.34. The van der Waals surface area contributed by atoms with Gasteiger partial charge >= 0.3 is 0 Å². The standard InChI is InChI=1S/C15H14F2N2OS/c1-9-4-12(18)2-3-14(9)21-8-15(20)19-13-6-10(16)5-11(17)7-13/h2-7H,8,18H2,1H3,(H,19,20). The van der Waals surface area contributed by atoms with E-state index in [2.05, 4.69) is 5.32 Å². The molecule has 0 bridgehead atoms. The fourth-order valence-electron chi connectivity index (χ4n) is 1.80. The molecule has 0 atom stereocenters. The third kappa shape index (κ3) is 4.46. The lowest BCUT2D eigenvalue weighted by Gasteiger charge is -2.08. The maximum absolute atomic E-state index is 13.0. The smallest absolute Gasteiger partial charge is 0.234 e. The van der Waals surface area contributed by atoms with Gasteiger partial charge < -0.3 is 11.1 Å². The van der Waals surface area contributed by atoms with Crippen molar-refractivity contribution in [3.63, 3.8) is 0 Å². The number of amides is 1. The Morgan fingerprint density at radius 3 is 2.48 bits per heavy atom. The number of hydrogen-bond acceptors (Lipinski definition) is 3. The van der Waals surface area contributed by atoms with Crippen molar-refractivity contribution in [2.45, 2.75) is 11.8 Å². The van der Waals surface area contributed by atoms with Crippen molar-refractivity contribution in [3.05, 3.63) is 53.6 Å². The van der Waals surface area contributed by atoms with Gasteiger partial charge in [0.05, 0.1) is 5.75 Å². The van der Waals surface area contributed by atoms with Crippen LogP contribution in [-0.2, 0) is 4.79 Å². The minimum atomic E-state index is -0.729. The molecule has 3 nitrogen and oxygen atoms in total. The Kier molecular flexibility index (Phi) is 4.80. The Balaban J connectivity index is 1.95. The summed E-state index contributed by atoms with van der Waals surface area (Å²) in [6, 6.07) is 8.31. The van der Waals surface area contributed by atoms with Gasteiger partial charge in [-0.2, -0.15) is 0 Å². The highest BCUT2D eigenvalue weighted by Crippen LogP contribution is 2.24. The zero-order valence-corrected chi connectivity index (χ0v) is 12.1. The van der Waals surface area contributed by atoms with Crippen molar-refractivity contribution in [1.29, 1.82) is 0 Å². The van der Waals surface area contributed by atoms with Crippen LogP contribution in [-0.4, -0.2) is 11.7 Å². The molecule has 21 heavy (non-hydrogen) atoms. The molecule has 110 valence electrons. The largest absolute Gasteiger partial charge is 0.399 e. The minimum Gasteiger partial charge on any atom is -0.399 e. The summed E-state index contributed by atoms with van der Waals surface area (Å²) in [5.74, 6) is -1.65. The Morgan fingerprint density at radius 2 is 1.86 bits per heavy atom. The molecular weight excluding hydrogens is 294 g/mol. The summed E-state index contributed by atoms with van der Waals surface area (Å²) in [4.78, 5) is 12.7. The van der Waals surface area contributed by atoms with Crippen LogP contribution in [0.5, 0.6) is 0 Å². The number of rotatable bonds is 4. The lowest BCUT2D eigenvalue weighted by atomic mass is 10.2. The first-order valence-electron chi connectivity index (χ1n) is 6.19. The summed E-state index contributed by atoms with van der Waals surface area (Å²) in [6.07, 6.45) is 0. The zero-order valence-electron chi connectivity index (χ0n) is 11.3. The number of nitrogen functional groups attached to an aromatic ring is 1. The molecule has 0 heterocycles. The average molecular weight is 308 g/mol. The Labute approximate surface area is 125 Å². The molecule has 0 fully saturated rings. The molecule has 0 aliphatic heterocycles. The van der Waals surface area contributed by atoms with Gasteiger partial charge in [-0.25, -0.2) is 8.78 Å². The number of carbonyl (C=O) groups excluding carboxylic acids is 1. The van der Waals surface area contributed by atoms with Gasteiger partial charge in [-0.1, -0.05) is 0 Å². The maximum Gasteiger partial charge on any atom is 0.234 e. The first-order chi connectivity index (χ1) is 9.94. The molecule has 0 spiro atoms. The van der Waals surface area contributed by atoms with Crippen LogP contribution in [0.4, 0.5) is 20.2 Å². The van der Waals surface area contributed by atoms with Crippen molar-refractivity contribution >= 4 is 29.0 Å². The topological polar surface area (TPSA) is 55.1 Å². The molecule has 0 saturated carbocycles. The van der Waals surface area contributed by atoms with Crippen molar-refractivity contribution in [3.8, 4) is 0 Å². The van der Waals surface area contributed by atoms with Gasteiger partial charge in [0.2, 0.25) is 5.91 Å². The summed E-state index contributed by atoms with van der Waals surface area (Å²) in [5.41, 5.74) is 7.40. The summed E-state index contributed by atoms with van der Waals surface area (Å²) < 4.78 is 26.0. The minimum absolute atomic E-state index is 0.104. The number of benzene rings is 2. The van der Waals surface area contributed by atoms with E-state index in [1.807, 2.05) is 19.1 Å². The second-order valence-electron chi connectivity index (χ2n) is 4.52. The molecule has 0 saturated heterocycles. The SMILES string of the molecule is Cc1cc(N)ccc1SCC(=O)Nc1cc(F)cc(F)c1. The molecule has 0 aromatic heterocycles. The summed E-state index contributed by atoms with van der Waals surface area (Å²) in [5, 5.41) is 2.46. The van der Waals surface area contributed by atoms with Crippen LogP contribution in [0.15, 0.2) is 41.3 Å². The molecule has 0 aliphatic rings. The van der Waals surface area contributed by atoms with Crippen molar-refractivity contribution in [1.82, 2.24) is 0 Å². The Hall–Kier alpha value is -2.08. The molecule has 1 amide bonds. The van der Waals surface area contributed by atoms with E-state index >= 15 is 0 Å². The van der Waals surface area contributed by atoms with Crippen LogP contribution >= 0.6 is 11.8 Å². The van der Waals surface area contributed by atoms with E-state index in [1.165, 1.54) is 11.8 Å². The van der Waals surface area contributed by atoms with E-state index in [1.54, 1.807) is 6.07 Å². The van der Waals surface area contributed by atoms with Crippen LogP contribution in [0.25, 0.3) is 0 Å². The normalized spacial score (nSPS) is 10.4. The van der Waals surface area contributed by atoms with Crippen molar-refractivity contribution in [2.24, 2.45) is 0 Å². The molecule has 0 unspecified atom stereocenters. The number of aryl methyl sites for hydroxylation is 1. The molecule has 2 aromatic carbocycles. The molecule has 2 rings (SSSR count). The second kappa shape index (κ2) is 6.58. The molecule has 3 N–H and O–H groups in total. The lowest BCUT2D eigenvalue weighted by molar-refractivity contribution is -0.113.